The van der Waals surface area contributed by atoms with E-state index in [1.807, 2.05) is 6.92 Å². The van der Waals surface area contributed by atoms with E-state index in [0.717, 1.165) is 39.3 Å². The maximum atomic E-state index is 11.8. The molecule has 0 amide bonds. The van der Waals surface area contributed by atoms with E-state index in [4.69, 9.17) is 9.47 Å². The number of carbonyl (C=O) groups excluding carboxylic acids is 1. The van der Waals surface area contributed by atoms with Gasteiger partial charge in [0.2, 0.25) is 0 Å². The van der Waals surface area contributed by atoms with Crippen molar-refractivity contribution in [2.45, 2.75) is 19.8 Å². The van der Waals surface area contributed by atoms with Gasteiger partial charge in [-0.2, -0.15) is 0 Å². The summed E-state index contributed by atoms with van der Waals surface area (Å²) in [4.78, 5) is 13.3. The van der Waals surface area contributed by atoms with Crippen molar-refractivity contribution < 1.29 is 36.7 Å². The van der Waals surface area contributed by atoms with Gasteiger partial charge in [0.25, 0.3) is 0 Å². The number of morpholine rings is 1. The molecule has 0 spiro atoms. The number of rotatable bonds is 7. The van der Waals surface area contributed by atoms with Crippen LogP contribution >= 0.6 is 0 Å². The van der Waals surface area contributed by atoms with Gasteiger partial charge in [-0.15, -0.1) is 0 Å². The highest BCUT2D eigenvalue weighted by atomic mass is 35.5. The lowest BCUT2D eigenvalue weighted by molar-refractivity contribution is -0.908. The number of hydrogen-bond acceptors (Lipinski definition) is 4. The minimum absolute atomic E-state index is 0. The van der Waals surface area contributed by atoms with Crippen LogP contribution < -0.4 is 22.0 Å². The predicted molar refractivity (Wildman–Crippen MR) is 79.2 cm³/mol. The van der Waals surface area contributed by atoms with Crippen LogP contribution in [0.15, 0.2) is 18.2 Å². The molecule has 0 atom stereocenters. The molecule has 6 heteroatoms. The molecule has 1 fully saturated rings. The van der Waals surface area contributed by atoms with Crippen LogP contribution in [-0.2, 0) is 4.74 Å². The quantitative estimate of drug-likeness (QED) is 0.551. The average Bonchev–Trinajstić information content (AvgIpc) is 2.48. The van der Waals surface area contributed by atoms with Crippen LogP contribution in [-0.4, -0.2) is 50.3 Å². The van der Waals surface area contributed by atoms with Crippen molar-refractivity contribution in [1.82, 2.24) is 0 Å². The molecule has 2 rings (SSSR count). The van der Waals surface area contributed by atoms with E-state index >= 15 is 0 Å². The second-order valence-corrected chi connectivity index (χ2v) is 5.31. The van der Waals surface area contributed by atoms with E-state index in [2.05, 4.69) is 0 Å². The number of ether oxygens (including phenoxy) is 2. The van der Waals surface area contributed by atoms with E-state index in [0.29, 0.717) is 24.3 Å². The molecule has 2 N–H and O–H groups in total. The largest absolute Gasteiger partial charge is 1.00 e. The molecule has 1 aromatic carbocycles. The molecule has 1 aliphatic rings. The summed E-state index contributed by atoms with van der Waals surface area (Å²) in [5.41, 5.74) is 0.378. The van der Waals surface area contributed by atoms with E-state index in [1.54, 1.807) is 12.1 Å². The van der Waals surface area contributed by atoms with Gasteiger partial charge in [-0.05, 0) is 18.6 Å². The second-order valence-electron chi connectivity index (χ2n) is 5.31. The number of halogens is 1. The molecule has 5 nitrogen and oxygen atoms in total. The first-order valence-electron chi connectivity index (χ1n) is 7.61. The molecule has 0 saturated carbocycles. The number of phenols is 1. The van der Waals surface area contributed by atoms with E-state index in [1.165, 1.54) is 11.0 Å². The van der Waals surface area contributed by atoms with Crippen LogP contribution in [0.5, 0.6) is 11.5 Å². The number of benzene rings is 1. The van der Waals surface area contributed by atoms with Crippen molar-refractivity contribution in [1.29, 1.82) is 0 Å². The third kappa shape index (κ3) is 5.48. The fraction of sp³-hybridized carbons (Fsp3) is 0.562. The van der Waals surface area contributed by atoms with Crippen LogP contribution in [0.4, 0.5) is 0 Å². The zero-order valence-corrected chi connectivity index (χ0v) is 13.7. The molecule has 22 heavy (non-hydrogen) atoms. The van der Waals surface area contributed by atoms with Gasteiger partial charge in [-0.3, -0.25) is 4.79 Å². The van der Waals surface area contributed by atoms with Gasteiger partial charge >= 0.3 is 0 Å². The number of nitrogens with one attached hydrogen (secondary N) is 1. The minimum Gasteiger partial charge on any atom is -1.00 e. The molecule has 0 aliphatic carbocycles. The number of Topliss-reactive ketones (excluding diaryl/α,β-unsaturated/α-hetero) is 1. The van der Waals surface area contributed by atoms with Crippen molar-refractivity contribution in [2.75, 3.05) is 39.5 Å². The highest BCUT2D eigenvalue weighted by Gasteiger charge is 2.14. The predicted octanol–water partition coefficient (Wildman–Crippen LogP) is -2.33. The maximum absolute atomic E-state index is 11.8. The van der Waals surface area contributed by atoms with Gasteiger partial charge in [0.05, 0.1) is 18.8 Å². The fourth-order valence-corrected chi connectivity index (χ4v) is 2.42. The third-order valence-corrected chi connectivity index (χ3v) is 3.67. The Morgan fingerprint density at radius 1 is 1.36 bits per heavy atom. The standard InChI is InChI=1S/C16H23NO4.ClH/c1-2-3-15(18)14-5-4-13(12-16(14)19)21-11-8-17-6-9-20-10-7-17;/h4-5,12,19H,2-3,6-11H2,1H3;1H. The Balaban J connectivity index is 0.00000242. The number of carbonyl (C=O) groups is 1. The molecule has 1 heterocycles. The van der Waals surface area contributed by atoms with Gasteiger partial charge in [-0.1, -0.05) is 6.92 Å². The Hall–Kier alpha value is -1.30. The Morgan fingerprint density at radius 3 is 2.73 bits per heavy atom. The normalized spacial score (nSPS) is 15.1. The Kier molecular flexibility index (Phi) is 8.24. The summed E-state index contributed by atoms with van der Waals surface area (Å²) in [7, 11) is 0. The molecule has 1 aliphatic heterocycles. The summed E-state index contributed by atoms with van der Waals surface area (Å²) < 4.78 is 11.0. The lowest BCUT2D eigenvalue weighted by atomic mass is 10.1. The highest BCUT2D eigenvalue weighted by Crippen LogP contribution is 2.24. The second kappa shape index (κ2) is 9.66. The van der Waals surface area contributed by atoms with Gasteiger partial charge in [-0.25, -0.2) is 0 Å². The lowest BCUT2D eigenvalue weighted by Crippen LogP contribution is -3.14. The number of ketones is 1. The van der Waals surface area contributed by atoms with Crippen LogP contribution in [0.25, 0.3) is 0 Å². The number of hydrogen-bond donors (Lipinski definition) is 2. The monoisotopic (exact) mass is 329 g/mol. The third-order valence-electron chi connectivity index (χ3n) is 3.67. The number of quaternary nitrogens is 1. The summed E-state index contributed by atoms with van der Waals surface area (Å²) in [6.07, 6.45) is 1.23. The summed E-state index contributed by atoms with van der Waals surface area (Å²) in [5.74, 6) is 0.581. The van der Waals surface area contributed by atoms with Gasteiger partial charge < -0.3 is 31.9 Å². The Morgan fingerprint density at radius 2 is 2.09 bits per heavy atom. The van der Waals surface area contributed by atoms with Crippen molar-refractivity contribution in [3.63, 3.8) is 0 Å². The highest BCUT2D eigenvalue weighted by molar-refractivity contribution is 5.98. The summed E-state index contributed by atoms with van der Waals surface area (Å²) in [6, 6.07) is 4.92. The van der Waals surface area contributed by atoms with Gasteiger partial charge in [0.1, 0.15) is 37.7 Å². The first-order chi connectivity index (χ1) is 10.2. The first-order valence-corrected chi connectivity index (χ1v) is 7.61. The van der Waals surface area contributed by atoms with Crippen LogP contribution in [0.3, 0.4) is 0 Å². The Labute approximate surface area is 137 Å². The van der Waals surface area contributed by atoms with E-state index in [9.17, 15) is 9.90 Å². The molecule has 0 bridgehead atoms. The molecule has 0 unspecified atom stereocenters. The van der Waals surface area contributed by atoms with Crippen LogP contribution in [0.2, 0.25) is 0 Å². The van der Waals surface area contributed by atoms with Crippen molar-refractivity contribution in [3.8, 4) is 11.5 Å². The fourth-order valence-electron chi connectivity index (χ4n) is 2.42. The van der Waals surface area contributed by atoms with Gasteiger partial charge in [0, 0.05) is 12.5 Å². The molecular weight excluding hydrogens is 306 g/mol. The Bertz CT molecular complexity index is 475. The summed E-state index contributed by atoms with van der Waals surface area (Å²) in [5, 5.41) is 9.91. The van der Waals surface area contributed by atoms with E-state index in [-0.39, 0.29) is 23.9 Å². The minimum atomic E-state index is -0.0284. The number of aromatic hydroxyl groups is 1. The van der Waals surface area contributed by atoms with Crippen LogP contribution in [0.1, 0.15) is 30.1 Å². The zero-order chi connectivity index (χ0) is 15.1. The van der Waals surface area contributed by atoms with Crippen LogP contribution in [0, 0.1) is 0 Å². The molecule has 1 saturated heterocycles. The zero-order valence-electron chi connectivity index (χ0n) is 12.9. The SMILES string of the molecule is CCCC(=O)c1ccc(OCC[NH+]2CCOCC2)cc1O.[Cl-]. The van der Waals surface area contributed by atoms with Crippen molar-refractivity contribution in [2.24, 2.45) is 0 Å². The lowest BCUT2D eigenvalue weighted by Gasteiger charge is -2.23. The topological polar surface area (TPSA) is 60.2 Å². The van der Waals surface area contributed by atoms with E-state index < -0.39 is 0 Å². The first kappa shape index (κ1) is 18.7. The smallest absolute Gasteiger partial charge is 0.166 e. The molecular formula is C16H24ClNO4. The number of phenolic OH excluding ortho intramolecular Hbond substituents is 1. The molecule has 124 valence electrons. The summed E-state index contributed by atoms with van der Waals surface area (Å²) in [6.45, 7) is 7.10. The average molecular weight is 330 g/mol. The van der Waals surface area contributed by atoms with Gasteiger partial charge in [0.15, 0.2) is 5.78 Å². The van der Waals surface area contributed by atoms with Crippen molar-refractivity contribution in [3.05, 3.63) is 23.8 Å². The molecule has 1 aromatic rings. The van der Waals surface area contributed by atoms with Crippen molar-refractivity contribution >= 4 is 5.78 Å². The molecule has 0 aromatic heterocycles. The maximum Gasteiger partial charge on any atom is 0.166 e. The molecule has 0 radical (unpaired) electrons. The summed E-state index contributed by atoms with van der Waals surface area (Å²) >= 11 is 0.